The van der Waals surface area contributed by atoms with E-state index in [1.165, 1.54) is 0 Å². The van der Waals surface area contributed by atoms with Crippen LogP contribution in [0.3, 0.4) is 0 Å². The number of hydrogen-bond donors (Lipinski definition) is 1. The van der Waals surface area contributed by atoms with Gasteiger partial charge in [-0.25, -0.2) is 9.13 Å². The summed E-state index contributed by atoms with van der Waals surface area (Å²) in [6, 6.07) is 22.0. The molecule has 0 aliphatic carbocycles. The molecule has 0 amide bonds. The van der Waals surface area contributed by atoms with Crippen LogP contribution in [0.1, 0.15) is 0 Å². The molecule has 0 radical (unpaired) electrons. The van der Waals surface area contributed by atoms with Gasteiger partial charge in [-0.05, 0) is 36.0 Å². The van der Waals surface area contributed by atoms with Crippen LogP contribution in [0.4, 0.5) is 28.7 Å². The van der Waals surface area contributed by atoms with Crippen LogP contribution in [0.2, 0.25) is 0 Å². The molecule has 0 bridgehead atoms. The molecular weight excluding hydrogens is 572 g/mol. The topological polar surface area (TPSA) is 74.2 Å². The summed E-state index contributed by atoms with van der Waals surface area (Å²) in [7, 11) is 3.88. The van der Waals surface area contributed by atoms with Crippen LogP contribution in [0.5, 0.6) is 0 Å². The first-order valence-electron chi connectivity index (χ1n) is 9.81. The van der Waals surface area contributed by atoms with E-state index in [9.17, 15) is 0 Å². The molecule has 0 unspecified atom stereocenters. The van der Waals surface area contributed by atoms with Crippen molar-refractivity contribution in [1.29, 1.82) is 0 Å². The summed E-state index contributed by atoms with van der Waals surface area (Å²) in [6.07, 6.45) is 7.80. The second kappa shape index (κ2) is 11.2. The van der Waals surface area contributed by atoms with Crippen LogP contribution in [0.25, 0.3) is 0 Å². The summed E-state index contributed by atoms with van der Waals surface area (Å²) in [5, 5.41) is 20.5. The van der Waals surface area contributed by atoms with Gasteiger partial charge in [-0.1, -0.05) is 5.11 Å². The summed E-state index contributed by atoms with van der Waals surface area (Å²) >= 11 is 0. The molecular formula is C23H23N8W+. The van der Waals surface area contributed by atoms with E-state index in [0.29, 0.717) is 6.67 Å². The second-order valence-corrected chi connectivity index (χ2v) is 6.94. The van der Waals surface area contributed by atoms with Crippen molar-refractivity contribution in [2.24, 2.45) is 34.6 Å². The molecule has 0 spiro atoms. The average Bonchev–Trinajstić information content (AvgIpc) is 3.13. The van der Waals surface area contributed by atoms with Crippen molar-refractivity contribution in [1.82, 2.24) is 4.57 Å². The zero-order chi connectivity index (χ0) is 21.5. The molecule has 9 heteroatoms. The molecule has 160 valence electrons. The summed E-state index contributed by atoms with van der Waals surface area (Å²) in [4.78, 5) is 0. The minimum atomic E-state index is 0. The van der Waals surface area contributed by atoms with E-state index >= 15 is 0 Å². The minimum absolute atomic E-state index is 0. The zero-order valence-electron chi connectivity index (χ0n) is 17.8. The predicted octanol–water partition coefficient (Wildman–Crippen LogP) is 4.84. The molecule has 0 aliphatic heterocycles. The predicted molar refractivity (Wildman–Crippen MR) is 117 cm³/mol. The van der Waals surface area contributed by atoms with E-state index < -0.39 is 0 Å². The molecule has 4 aromatic rings. The maximum absolute atomic E-state index is 4.31. The van der Waals surface area contributed by atoms with Gasteiger partial charge in [0.05, 0.1) is 26.5 Å². The number of nitrogens with zero attached hydrogens (tertiary/aromatic N) is 7. The van der Waals surface area contributed by atoms with Crippen molar-refractivity contribution >= 4 is 28.7 Å². The summed E-state index contributed by atoms with van der Waals surface area (Å²) in [5.41, 5.74) is 3.36. The van der Waals surface area contributed by atoms with Gasteiger partial charge in [0, 0.05) is 37.9 Å². The molecule has 0 atom stereocenters. The molecule has 0 fully saturated rings. The van der Waals surface area contributed by atoms with Crippen molar-refractivity contribution in [2.45, 2.75) is 6.67 Å². The molecule has 2 heterocycles. The molecule has 0 saturated heterocycles. The van der Waals surface area contributed by atoms with Gasteiger partial charge in [-0.3, -0.25) is 0 Å². The Balaban J connectivity index is 0.00000289. The SMILES string of the molecule is Cn1cc[n+](C)c1N=Nc1ccc(NC[n+]2cccc(N=Nc3cc[c-]cc3)c2)cc1.[W]. The first-order chi connectivity index (χ1) is 15.2. The van der Waals surface area contributed by atoms with Crippen molar-refractivity contribution < 1.29 is 30.2 Å². The van der Waals surface area contributed by atoms with Crippen LogP contribution in [0.15, 0.2) is 106 Å². The number of benzene rings is 2. The molecule has 2 aromatic carbocycles. The molecule has 2 aromatic heterocycles. The van der Waals surface area contributed by atoms with Crippen molar-refractivity contribution in [3.05, 3.63) is 91.5 Å². The molecule has 0 aliphatic rings. The van der Waals surface area contributed by atoms with Gasteiger partial charge in [-0.15, -0.1) is 17.2 Å². The van der Waals surface area contributed by atoms with Gasteiger partial charge in [0.2, 0.25) is 6.67 Å². The van der Waals surface area contributed by atoms with Gasteiger partial charge in [0.25, 0.3) is 0 Å². The normalized spacial score (nSPS) is 11.1. The maximum Gasteiger partial charge on any atom is 0.421 e. The van der Waals surface area contributed by atoms with E-state index in [4.69, 9.17) is 0 Å². The first-order valence-corrected chi connectivity index (χ1v) is 9.81. The van der Waals surface area contributed by atoms with Crippen LogP contribution >= 0.6 is 0 Å². The zero-order valence-corrected chi connectivity index (χ0v) is 20.8. The van der Waals surface area contributed by atoms with Gasteiger partial charge < -0.3 is 5.32 Å². The maximum atomic E-state index is 4.31. The quantitative estimate of drug-likeness (QED) is 0.186. The number of aromatic nitrogens is 3. The summed E-state index contributed by atoms with van der Waals surface area (Å²) in [5.74, 6) is 0.779. The van der Waals surface area contributed by atoms with Gasteiger partial charge >= 0.3 is 5.95 Å². The number of rotatable bonds is 7. The smallest absolute Gasteiger partial charge is 0.330 e. The fourth-order valence-electron chi connectivity index (χ4n) is 2.88. The van der Waals surface area contributed by atoms with Crippen LogP contribution in [0, 0.1) is 6.07 Å². The van der Waals surface area contributed by atoms with E-state index in [2.05, 4.69) is 31.8 Å². The Labute approximate surface area is 201 Å². The molecule has 1 N–H and O–H groups in total. The van der Waals surface area contributed by atoms with E-state index in [1.807, 2.05) is 113 Å². The van der Waals surface area contributed by atoms with Crippen LogP contribution in [-0.2, 0) is 41.8 Å². The third kappa shape index (κ3) is 6.25. The number of nitrogens with one attached hydrogen (secondary N) is 1. The monoisotopic (exact) mass is 595 g/mol. The van der Waals surface area contributed by atoms with E-state index in [0.717, 1.165) is 28.7 Å². The van der Waals surface area contributed by atoms with Crippen molar-refractivity contribution in [2.75, 3.05) is 5.32 Å². The Hall–Kier alpha value is -3.51. The molecule has 32 heavy (non-hydrogen) atoms. The Morgan fingerprint density at radius 3 is 2.28 bits per heavy atom. The van der Waals surface area contributed by atoms with Gasteiger partial charge in [0.1, 0.15) is 11.4 Å². The third-order valence-electron chi connectivity index (χ3n) is 4.56. The number of pyridine rings is 1. The van der Waals surface area contributed by atoms with Crippen molar-refractivity contribution in [3.8, 4) is 0 Å². The number of aryl methyl sites for hydroxylation is 2. The van der Waals surface area contributed by atoms with E-state index in [-0.39, 0.29) is 21.1 Å². The van der Waals surface area contributed by atoms with Gasteiger partial charge in [-0.2, -0.15) is 27.9 Å². The summed E-state index contributed by atoms with van der Waals surface area (Å²) < 4.78 is 5.85. The Morgan fingerprint density at radius 2 is 1.56 bits per heavy atom. The average molecular weight is 595 g/mol. The number of anilines is 1. The number of imidazole rings is 1. The summed E-state index contributed by atoms with van der Waals surface area (Å²) in [6.45, 7) is 0.601. The van der Waals surface area contributed by atoms with Crippen LogP contribution in [-0.4, -0.2) is 4.57 Å². The Kier molecular flexibility index (Phi) is 8.11. The molecule has 8 nitrogen and oxygen atoms in total. The largest absolute Gasteiger partial charge is 0.421 e. The molecule has 4 rings (SSSR count). The Bertz CT molecular complexity index is 1180. The van der Waals surface area contributed by atoms with Crippen LogP contribution < -0.4 is 14.5 Å². The Morgan fingerprint density at radius 1 is 0.875 bits per heavy atom. The van der Waals surface area contributed by atoms with Crippen molar-refractivity contribution in [3.63, 3.8) is 0 Å². The standard InChI is InChI=1S/C23H22N8.W/c1-29-15-16-30(2)23(29)28-26-21-12-10-19(11-13-21)24-18-31-14-6-9-22(17-31)27-25-20-7-4-3-5-8-20;/h4-17H,18H2,1-2H3;/p+1. The number of hydrogen-bond acceptors (Lipinski definition) is 5. The third-order valence-corrected chi connectivity index (χ3v) is 4.56. The van der Waals surface area contributed by atoms with Gasteiger partial charge in [0.15, 0.2) is 12.4 Å². The second-order valence-electron chi connectivity index (χ2n) is 6.94. The van der Waals surface area contributed by atoms with E-state index in [1.54, 1.807) is 0 Å². The number of azo groups is 2. The first kappa shape index (κ1) is 23.2. The fourth-order valence-corrected chi connectivity index (χ4v) is 2.88. The fraction of sp³-hybridized carbons (Fsp3) is 0.130. The minimum Gasteiger partial charge on any atom is -0.330 e. The molecule has 0 saturated carbocycles.